The van der Waals surface area contributed by atoms with Gasteiger partial charge < -0.3 is 19.5 Å². The maximum absolute atomic E-state index is 12.4. The molecule has 2 heterocycles. The number of aliphatic imine (C=N–C) groups is 1. The molecule has 146 valence electrons. The zero-order valence-corrected chi connectivity index (χ0v) is 18.3. The number of amides is 1. The molecule has 1 N–H and O–H groups in total. The summed E-state index contributed by atoms with van der Waals surface area (Å²) in [5.74, 6) is 1.17. The van der Waals surface area contributed by atoms with Crippen molar-refractivity contribution in [2.45, 2.75) is 13.5 Å². The molecule has 0 spiro atoms. The predicted molar refractivity (Wildman–Crippen MR) is 118 cm³/mol. The topological polar surface area (TPSA) is 61.1 Å². The lowest BCUT2D eigenvalue weighted by Gasteiger charge is -2.36. The van der Waals surface area contributed by atoms with Crippen LogP contribution in [0.5, 0.6) is 0 Å². The average molecular weight is 503 g/mol. The highest BCUT2D eigenvalue weighted by Crippen LogP contribution is 2.16. The summed E-state index contributed by atoms with van der Waals surface area (Å²) in [7, 11) is 0. The molecule has 1 fully saturated rings. The Hall–Kier alpha value is -1.74. The van der Waals surface area contributed by atoms with Gasteiger partial charge in [-0.05, 0) is 30.7 Å². The summed E-state index contributed by atoms with van der Waals surface area (Å²) >= 11 is 6.22. The number of carbonyl (C=O) groups is 1. The van der Waals surface area contributed by atoms with Gasteiger partial charge in [-0.1, -0.05) is 29.8 Å². The first kappa shape index (κ1) is 21.6. The molecular formula is C19H24ClIN4O2. The van der Waals surface area contributed by atoms with Crippen LogP contribution in [0.25, 0.3) is 0 Å². The molecule has 0 saturated carbocycles. The third-order valence-corrected chi connectivity index (χ3v) is 4.66. The number of benzene rings is 1. The fraction of sp³-hybridized carbons (Fsp3) is 0.368. The van der Waals surface area contributed by atoms with E-state index in [2.05, 4.69) is 10.2 Å². The van der Waals surface area contributed by atoms with Crippen LogP contribution >= 0.6 is 35.6 Å². The van der Waals surface area contributed by atoms with Gasteiger partial charge >= 0.3 is 0 Å². The Labute approximate surface area is 181 Å². The van der Waals surface area contributed by atoms with Crippen molar-refractivity contribution in [3.05, 3.63) is 59.0 Å². The van der Waals surface area contributed by atoms with Crippen LogP contribution in [-0.4, -0.2) is 54.4 Å². The van der Waals surface area contributed by atoms with E-state index in [1.807, 2.05) is 36.1 Å². The van der Waals surface area contributed by atoms with Crippen molar-refractivity contribution in [2.24, 2.45) is 4.99 Å². The number of halogens is 2. The van der Waals surface area contributed by atoms with Crippen LogP contribution in [0.1, 0.15) is 23.0 Å². The SMILES string of the molecule is CCNC(=NCc1ccccc1Cl)N1CCN(C(=O)c2ccco2)CC1.I. The quantitative estimate of drug-likeness (QED) is 0.395. The van der Waals surface area contributed by atoms with Crippen LogP contribution in [0.2, 0.25) is 5.02 Å². The number of furan rings is 1. The Kier molecular flexibility index (Phi) is 8.43. The van der Waals surface area contributed by atoms with E-state index in [4.69, 9.17) is 21.0 Å². The van der Waals surface area contributed by atoms with Gasteiger partial charge in [-0.3, -0.25) is 4.79 Å². The number of hydrogen-bond donors (Lipinski definition) is 1. The third kappa shape index (κ3) is 5.62. The molecule has 6 nitrogen and oxygen atoms in total. The van der Waals surface area contributed by atoms with Crippen molar-refractivity contribution < 1.29 is 9.21 Å². The lowest BCUT2D eigenvalue weighted by atomic mass is 10.2. The summed E-state index contributed by atoms with van der Waals surface area (Å²) < 4.78 is 5.21. The third-order valence-electron chi connectivity index (χ3n) is 4.29. The zero-order valence-electron chi connectivity index (χ0n) is 15.2. The average Bonchev–Trinajstić information content (AvgIpc) is 3.21. The van der Waals surface area contributed by atoms with Crippen molar-refractivity contribution in [3.8, 4) is 0 Å². The second kappa shape index (κ2) is 10.6. The number of rotatable bonds is 4. The molecule has 8 heteroatoms. The van der Waals surface area contributed by atoms with Crippen LogP contribution in [0, 0.1) is 0 Å². The normalized spacial score (nSPS) is 14.7. The summed E-state index contributed by atoms with van der Waals surface area (Å²) in [6.07, 6.45) is 1.52. The van der Waals surface area contributed by atoms with Gasteiger partial charge in [0.2, 0.25) is 0 Å². The fourth-order valence-electron chi connectivity index (χ4n) is 2.89. The molecule has 1 aliphatic heterocycles. The van der Waals surface area contributed by atoms with Gasteiger partial charge in [-0.25, -0.2) is 4.99 Å². The maximum atomic E-state index is 12.4. The van der Waals surface area contributed by atoms with Crippen LogP contribution in [0.3, 0.4) is 0 Å². The predicted octanol–water partition coefficient (Wildman–Crippen LogP) is 3.47. The highest BCUT2D eigenvalue weighted by molar-refractivity contribution is 14.0. The molecule has 1 amide bonds. The minimum atomic E-state index is -0.0624. The molecule has 0 unspecified atom stereocenters. The fourth-order valence-corrected chi connectivity index (χ4v) is 3.09. The Bertz CT molecular complexity index is 759. The summed E-state index contributed by atoms with van der Waals surface area (Å²) in [6, 6.07) is 11.2. The maximum Gasteiger partial charge on any atom is 0.289 e. The van der Waals surface area contributed by atoms with E-state index in [1.54, 1.807) is 12.1 Å². The number of carbonyl (C=O) groups excluding carboxylic acids is 1. The van der Waals surface area contributed by atoms with E-state index in [1.165, 1.54) is 6.26 Å². The second-order valence-electron chi connectivity index (χ2n) is 6.02. The van der Waals surface area contributed by atoms with Gasteiger partial charge in [0.15, 0.2) is 11.7 Å². The molecule has 1 saturated heterocycles. The van der Waals surface area contributed by atoms with E-state index < -0.39 is 0 Å². The van der Waals surface area contributed by atoms with Crippen molar-refractivity contribution in [2.75, 3.05) is 32.7 Å². The first-order valence-electron chi connectivity index (χ1n) is 8.78. The van der Waals surface area contributed by atoms with Crippen LogP contribution in [0.4, 0.5) is 0 Å². The standard InChI is InChI=1S/C19H23ClN4O2.HI/c1-2-21-19(22-14-15-6-3-4-7-16(15)20)24-11-9-23(10-12-24)18(25)17-8-5-13-26-17;/h3-8,13H,2,9-12,14H2,1H3,(H,21,22);1H. The molecule has 0 bridgehead atoms. The van der Waals surface area contributed by atoms with E-state index in [0.717, 1.165) is 36.2 Å². The number of piperazine rings is 1. The van der Waals surface area contributed by atoms with Gasteiger partial charge in [0.25, 0.3) is 5.91 Å². The van der Waals surface area contributed by atoms with E-state index in [9.17, 15) is 4.79 Å². The van der Waals surface area contributed by atoms with Crippen molar-refractivity contribution in [3.63, 3.8) is 0 Å². The minimum absolute atomic E-state index is 0. The smallest absolute Gasteiger partial charge is 0.289 e. The lowest BCUT2D eigenvalue weighted by molar-refractivity contribution is 0.0657. The Morgan fingerprint density at radius 3 is 2.48 bits per heavy atom. The van der Waals surface area contributed by atoms with E-state index in [0.29, 0.717) is 25.4 Å². The molecule has 2 aromatic rings. The van der Waals surface area contributed by atoms with Crippen LogP contribution < -0.4 is 5.32 Å². The van der Waals surface area contributed by atoms with Gasteiger partial charge in [0.05, 0.1) is 12.8 Å². The Balaban J connectivity index is 0.00000261. The minimum Gasteiger partial charge on any atom is -0.459 e. The number of guanidine groups is 1. The number of nitrogens with zero attached hydrogens (tertiary/aromatic N) is 3. The largest absolute Gasteiger partial charge is 0.459 e. The van der Waals surface area contributed by atoms with Crippen molar-refractivity contribution >= 4 is 47.4 Å². The molecule has 0 aliphatic carbocycles. The second-order valence-corrected chi connectivity index (χ2v) is 6.43. The van der Waals surface area contributed by atoms with Gasteiger partial charge in [-0.15, -0.1) is 24.0 Å². The summed E-state index contributed by atoms with van der Waals surface area (Å²) in [5, 5.41) is 4.05. The summed E-state index contributed by atoms with van der Waals surface area (Å²) in [6.45, 7) is 6.07. The molecule has 1 aliphatic rings. The van der Waals surface area contributed by atoms with Crippen molar-refractivity contribution in [1.82, 2.24) is 15.1 Å². The molecule has 0 atom stereocenters. The number of hydrogen-bond acceptors (Lipinski definition) is 3. The van der Waals surface area contributed by atoms with Gasteiger partial charge in [0, 0.05) is 37.7 Å². The van der Waals surface area contributed by atoms with E-state index in [-0.39, 0.29) is 29.9 Å². The van der Waals surface area contributed by atoms with Crippen LogP contribution in [0.15, 0.2) is 52.1 Å². The lowest BCUT2D eigenvalue weighted by Crippen LogP contribution is -2.53. The number of nitrogens with one attached hydrogen (secondary N) is 1. The molecule has 1 aromatic heterocycles. The first-order valence-corrected chi connectivity index (χ1v) is 9.16. The highest BCUT2D eigenvalue weighted by Gasteiger charge is 2.25. The summed E-state index contributed by atoms with van der Waals surface area (Å²) in [4.78, 5) is 21.1. The molecule has 3 rings (SSSR count). The Morgan fingerprint density at radius 2 is 1.85 bits per heavy atom. The van der Waals surface area contributed by atoms with Crippen LogP contribution in [-0.2, 0) is 6.54 Å². The Morgan fingerprint density at radius 1 is 1.15 bits per heavy atom. The molecule has 0 radical (unpaired) electrons. The summed E-state index contributed by atoms with van der Waals surface area (Å²) in [5.41, 5.74) is 0.996. The zero-order chi connectivity index (χ0) is 18.4. The van der Waals surface area contributed by atoms with Gasteiger partial charge in [0.1, 0.15) is 0 Å². The molecular weight excluding hydrogens is 479 g/mol. The van der Waals surface area contributed by atoms with Gasteiger partial charge in [-0.2, -0.15) is 0 Å². The molecule has 27 heavy (non-hydrogen) atoms. The van der Waals surface area contributed by atoms with E-state index >= 15 is 0 Å². The van der Waals surface area contributed by atoms with Crippen molar-refractivity contribution in [1.29, 1.82) is 0 Å². The molecule has 1 aromatic carbocycles. The first-order chi connectivity index (χ1) is 12.7. The highest BCUT2D eigenvalue weighted by atomic mass is 127. The monoisotopic (exact) mass is 502 g/mol.